The first-order valence-corrected chi connectivity index (χ1v) is 9.30. The molecular weight excluding hydrogens is 314 g/mol. The maximum Gasteiger partial charge on any atom is 0.225 e. The van der Waals surface area contributed by atoms with Crippen molar-refractivity contribution in [3.63, 3.8) is 0 Å². The smallest absolute Gasteiger partial charge is 0.225 e. The highest BCUT2D eigenvalue weighted by molar-refractivity contribution is 5.81. The van der Waals surface area contributed by atoms with E-state index in [9.17, 15) is 4.79 Å². The molecule has 1 saturated heterocycles. The van der Waals surface area contributed by atoms with Gasteiger partial charge in [0, 0.05) is 38.1 Å². The fourth-order valence-electron chi connectivity index (χ4n) is 3.03. The second kappa shape index (κ2) is 9.09. The van der Waals surface area contributed by atoms with Gasteiger partial charge in [-0.15, -0.1) is 0 Å². The van der Waals surface area contributed by atoms with Crippen molar-refractivity contribution in [2.24, 2.45) is 5.41 Å². The number of carbonyl (C=O) groups excluding carboxylic acids is 1. The highest BCUT2D eigenvalue weighted by Crippen LogP contribution is 2.28. The van der Waals surface area contributed by atoms with E-state index in [1.807, 2.05) is 32.9 Å². The number of hydrogen-bond acceptors (Lipinski definition) is 4. The Bertz CT molecular complexity index is 546. The number of nitrogens with one attached hydrogen (secondary N) is 1. The Labute approximate surface area is 152 Å². The molecule has 1 amide bonds. The molecule has 1 N–H and O–H groups in total. The predicted octanol–water partition coefficient (Wildman–Crippen LogP) is 2.76. The molecule has 0 aliphatic carbocycles. The molecule has 25 heavy (non-hydrogen) atoms. The molecule has 2 rings (SSSR count). The number of para-hydroxylation sites is 2. The molecule has 0 bridgehead atoms. The van der Waals surface area contributed by atoms with Gasteiger partial charge in [-0.25, -0.2) is 0 Å². The van der Waals surface area contributed by atoms with Crippen molar-refractivity contribution in [1.29, 1.82) is 0 Å². The number of rotatable bonds is 7. The van der Waals surface area contributed by atoms with Crippen molar-refractivity contribution in [2.75, 3.05) is 51.3 Å². The van der Waals surface area contributed by atoms with E-state index in [2.05, 4.69) is 27.2 Å². The number of anilines is 1. The molecule has 0 saturated carbocycles. The first-order valence-electron chi connectivity index (χ1n) is 9.30. The third kappa shape index (κ3) is 5.92. The predicted molar refractivity (Wildman–Crippen MR) is 103 cm³/mol. The van der Waals surface area contributed by atoms with Gasteiger partial charge in [-0.1, -0.05) is 32.9 Å². The van der Waals surface area contributed by atoms with E-state index in [1.54, 1.807) is 7.11 Å². The summed E-state index contributed by atoms with van der Waals surface area (Å²) in [6, 6.07) is 8.23. The van der Waals surface area contributed by atoms with Crippen LogP contribution in [-0.2, 0) is 4.79 Å². The minimum atomic E-state index is -0.297. The van der Waals surface area contributed by atoms with Gasteiger partial charge in [-0.05, 0) is 31.5 Å². The SMILES string of the molecule is COc1ccccc1N1CCN(CCCCNC(=O)C(C)(C)C)CC1. The van der Waals surface area contributed by atoms with Gasteiger partial charge in [0.15, 0.2) is 0 Å². The van der Waals surface area contributed by atoms with E-state index in [-0.39, 0.29) is 11.3 Å². The molecule has 1 aromatic carbocycles. The van der Waals surface area contributed by atoms with Crippen LogP contribution in [-0.4, -0.2) is 57.2 Å². The number of benzene rings is 1. The second-order valence-corrected chi connectivity index (χ2v) is 7.71. The van der Waals surface area contributed by atoms with Crippen LogP contribution >= 0.6 is 0 Å². The van der Waals surface area contributed by atoms with Crippen LogP contribution in [0, 0.1) is 5.41 Å². The van der Waals surface area contributed by atoms with E-state index >= 15 is 0 Å². The molecule has 0 unspecified atom stereocenters. The summed E-state index contributed by atoms with van der Waals surface area (Å²) >= 11 is 0. The summed E-state index contributed by atoms with van der Waals surface area (Å²) in [4.78, 5) is 16.7. The summed E-state index contributed by atoms with van der Waals surface area (Å²) in [7, 11) is 1.73. The highest BCUT2D eigenvalue weighted by atomic mass is 16.5. The van der Waals surface area contributed by atoms with Crippen LogP contribution in [0.15, 0.2) is 24.3 Å². The zero-order valence-corrected chi connectivity index (χ0v) is 16.2. The molecule has 0 spiro atoms. The lowest BCUT2D eigenvalue weighted by Gasteiger charge is -2.36. The second-order valence-electron chi connectivity index (χ2n) is 7.71. The number of methoxy groups -OCH3 is 1. The number of amides is 1. The Morgan fingerprint density at radius 3 is 2.44 bits per heavy atom. The van der Waals surface area contributed by atoms with Crippen LogP contribution in [0.1, 0.15) is 33.6 Å². The molecule has 1 aliphatic heterocycles. The van der Waals surface area contributed by atoms with Crippen LogP contribution in [0.25, 0.3) is 0 Å². The van der Waals surface area contributed by atoms with Crippen LogP contribution < -0.4 is 15.0 Å². The van der Waals surface area contributed by atoms with Gasteiger partial charge in [0.1, 0.15) is 5.75 Å². The number of piperazine rings is 1. The topological polar surface area (TPSA) is 44.8 Å². The Hall–Kier alpha value is -1.75. The van der Waals surface area contributed by atoms with Gasteiger partial charge < -0.3 is 15.0 Å². The van der Waals surface area contributed by atoms with Crippen molar-refractivity contribution < 1.29 is 9.53 Å². The zero-order valence-electron chi connectivity index (χ0n) is 16.2. The Morgan fingerprint density at radius 2 is 1.80 bits per heavy atom. The van der Waals surface area contributed by atoms with Gasteiger partial charge in [-0.3, -0.25) is 9.69 Å². The fourth-order valence-corrected chi connectivity index (χ4v) is 3.03. The zero-order chi connectivity index (χ0) is 18.3. The first-order chi connectivity index (χ1) is 11.9. The summed E-state index contributed by atoms with van der Waals surface area (Å²) in [5.74, 6) is 1.09. The minimum absolute atomic E-state index is 0.137. The quantitative estimate of drug-likeness (QED) is 0.771. The lowest BCUT2D eigenvalue weighted by atomic mass is 9.96. The number of carbonyl (C=O) groups is 1. The van der Waals surface area contributed by atoms with E-state index in [1.165, 1.54) is 5.69 Å². The first kappa shape index (κ1) is 19.6. The largest absolute Gasteiger partial charge is 0.495 e. The molecule has 0 atom stereocenters. The molecule has 0 aromatic heterocycles. The van der Waals surface area contributed by atoms with Crippen LogP contribution in [0.2, 0.25) is 0 Å². The van der Waals surface area contributed by atoms with Crippen molar-refractivity contribution in [1.82, 2.24) is 10.2 Å². The Morgan fingerprint density at radius 1 is 1.12 bits per heavy atom. The van der Waals surface area contributed by atoms with E-state index in [0.717, 1.165) is 57.9 Å². The molecule has 5 heteroatoms. The van der Waals surface area contributed by atoms with E-state index in [0.29, 0.717) is 0 Å². The molecule has 5 nitrogen and oxygen atoms in total. The monoisotopic (exact) mass is 347 g/mol. The van der Waals surface area contributed by atoms with Crippen molar-refractivity contribution >= 4 is 11.6 Å². The summed E-state index contributed by atoms with van der Waals surface area (Å²) in [5.41, 5.74) is 0.893. The van der Waals surface area contributed by atoms with Crippen molar-refractivity contribution in [2.45, 2.75) is 33.6 Å². The molecule has 0 radical (unpaired) electrons. The molecule has 1 aliphatic rings. The lowest BCUT2D eigenvalue weighted by Crippen LogP contribution is -2.46. The van der Waals surface area contributed by atoms with Gasteiger partial charge in [0.2, 0.25) is 5.91 Å². The maximum atomic E-state index is 11.8. The number of hydrogen-bond donors (Lipinski definition) is 1. The summed E-state index contributed by atoms with van der Waals surface area (Å²) < 4.78 is 5.47. The van der Waals surface area contributed by atoms with Crippen molar-refractivity contribution in [3.8, 4) is 5.75 Å². The standard InChI is InChI=1S/C20H33N3O2/c1-20(2,3)19(24)21-11-7-8-12-22-13-15-23(16-14-22)17-9-5-6-10-18(17)25-4/h5-6,9-10H,7-8,11-16H2,1-4H3,(H,21,24). The summed E-state index contributed by atoms with van der Waals surface area (Å²) in [6.45, 7) is 11.9. The average molecular weight is 348 g/mol. The molecule has 1 aromatic rings. The van der Waals surface area contributed by atoms with Gasteiger partial charge in [0.05, 0.1) is 12.8 Å². The van der Waals surface area contributed by atoms with Crippen LogP contribution in [0.4, 0.5) is 5.69 Å². The number of ether oxygens (including phenoxy) is 1. The molecule has 140 valence electrons. The van der Waals surface area contributed by atoms with Crippen LogP contribution in [0.3, 0.4) is 0 Å². The Balaban J connectivity index is 1.65. The van der Waals surface area contributed by atoms with E-state index in [4.69, 9.17) is 4.74 Å². The van der Waals surface area contributed by atoms with Gasteiger partial charge in [-0.2, -0.15) is 0 Å². The summed E-state index contributed by atoms with van der Waals surface area (Å²) in [5, 5.41) is 3.02. The molecule has 1 heterocycles. The normalized spacial score (nSPS) is 15.9. The highest BCUT2D eigenvalue weighted by Gasteiger charge is 2.21. The van der Waals surface area contributed by atoms with Crippen LogP contribution in [0.5, 0.6) is 5.75 Å². The van der Waals surface area contributed by atoms with Gasteiger partial charge >= 0.3 is 0 Å². The number of nitrogens with zero attached hydrogens (tertiary/aromatic N) is 2. The maximum absolute atomic E-state index is 11.8. The summed E-state index contributed by atoms with van der Waals surface area (Å²) in [6.07, 6.45) is 2.16. The lowest BCUT2D eigenvalue weighted by molar-refractivity contribution is -0.128. The molecular formula is C20H33N3O2. The van der Waals surface area contributed by atoms with Gasteiger partial charge in [0.25, 0.3) is 0 Å². The third-order valence-corrected chi connectivity index (χ3v) is 4.67. The average Bonchev–Trinajstić information content (AvgIpc) is 2.61. The minimum Gasteiger partial charge on any atom is -0.495 e. The Kier molecular flexibility index (Phi) is 7.12. The van der Waals surface area contributed by atoms with Crippen molar-refractivity contribution in [3.05, 3.63) is 24.3 Å². The third-order valence-electron chi connectivity index (χ3n) is 4.67. The number of unbranched alkanes of at least 4 members (excludes halogenated alkanes) is 1. The fraction of sp³-hybridized carbons (Fsp3) is 0.650. The molecule has 1 fully saturated rings. The van der Waals surface area contributed by atoms with E-state index < -0.39 is 0 Å².